The van der Waals surface area contributed by atoms with Crippen LogP contribution in [0.3, 0.4) is 0 Å². The monoisotopic (exact) mass is 334 g/mol. The van der Waals surface area contributed by atoms with Gasteiger partial charge in [0.15, 0.2) is 0 Å². The van der Waals surface area contributed by atoms with E-state index < -0.39 is 16.0 Å². The quantitative estimate of drug-likeness (QED) is 0.756. The number of carboxylic acids is 1. The Labute approximate surface area is 129 Å². The molecule has 0 amide bonds. The van der Waals surface area contributed by atoms with Gasteiger partial charge in [0.1, 0.15) is 9.09 Å². The zero-order valence-corrected chi connectivity index (χ0v) is 14.3. The summed E-state index contributed by atoms with van der Waals surface area (Å²) in [5.74, 6) is -1.10. The number of thiophene rings is 1. The second kappa shape index (κ2) is 7.35. The maximum Gasteiger partial charge on any atom is 0.346 e. The first-order valence-electron chi connectivity index (χ1n) is 6.80. The average molecular weight is 334 g/mol. The number of aryl methyl sites for hydroxylation is 1. The van der Waals surface area contributed by atoms with E-state index in [1.807, 2.05) is 20.8 Å². The van der Waals surface area contributed by atoms with E-state index >= 15 is 0 Å². The molecule has 0 aliphatic carbocycles. The van der Waals surface area contributed by atoms with Gasteiger partial charge in [-0.3, -0.25) is 4.90 Å². The number of aromatic carboxylic acids is 1. The molecule has 21 heavy (non-hydrogen) atoms. The smallest absolute Gasteiger partial charge is 0.346 e. The highest BCUT2D eigenvalue weighted by Gasteiger charge is 2.22. The zero-order chi connectivity index (χ0) is 16.2. The zero-order valence-electron chi connectivity index (χ0n) is 12.7. The standard InChI is InChI=1S/C13H22N2O4S2/c1-5-15(6-2)10(4)8-14-21(18,19)11-7-9(3)12(20-11)13(16)17/h7,10,14H,5-6,8H2,1-4H3,(H,16,17). The van der Waals surface area contributed by atoms with Gasteiger partial charge in [-0.25, -0.2) is 17.9 Å². The van der Waals surface area contributed by atoms with Gasteiger partial charge in [0.25, 0.3) is 0 Å². The molecule has 120 valence electrons. The predicted molar refractivity (Wildman–Crippen MR) is 83.6 cm³/mol. The first-order valence-corrected chi connectivity index (χ1v) is 9.10. The summed E-state index contributed by atoms with van der Waals surface area (Å²) >= 11 is 0.783. The van der Waals surface area contributed by atoms with Crippen molar-refractivity contribution in [3.63, 3.8) is 0 Å². The third-order valence-corrected chi connectivity index (χ3v) is 6.48. The van der Waals surface area contributed by atoms with Gasteiger partial charge < -0.3 is 5.11 Å². The molecule has 6 nitrogen and oxygen atoms in total. The Morgan fingerprint density at radius 1 is 1.43 bits per heavy atom. The Balaban J connectivity index is 2.83. The largest absolute Gasteiger partial charge is 0.477 e. The summed E-state index contributed by atoms with van der Waals surface area (Å²) < 4.78 is 27.0. The Morgan fingerprint density at radius 3 is 2.43 bits per heavy atom. The van der Waals surface area contributed by atoms with Crippen LogP contribution in [0.1, 0.15) is 36.0 Å². The first kappa shape index (κ1) is 18.1. The number of nitrogens with one attached hydrogen (secondary N) is 1. The van der Waals surface area contributed by atoms with Crippen LogP contribution in [0, 0.1) is 6.92 Å². The van der Waals surface area contributed by atoms with Crippen molar-refractivity contribution in [3.05, 3.63) is 16.5 Å². The molecule has 0 bridgehead atoms. The number of nitrogens with zero attached hydrogens (tertiary/aromatic N) is 1. The third kappa shape index (κ3) is 4.50. The van der Waals surface area contributed by atoms with Crippen LogP contribution in [-0.4, -0.2) is 50.1 Å². The highest BCUT2D eigenvalue weighted by atomic mass is 32.2. The molecule has 0 fully saturated rings. The summed E-state index contributed by atoms with van der Waals surface area (Å²) in [4.78, 5) is 13.2. The second-order valence-electron chi connectivity index (χ2n) is 4.80. The summed E-state index contributed by atoms with van der Waals surface area (Å²) in [6.07, 6.45) is 0. The van der Waals surface area contributed by atoms with Crippen molar-refractivity contribution in [3.8, 4) is 0 Å². The summed E-state index contributed by atoms with van der Waals surface area (Å²) in [5, 5.41) is 8.99. The average Bonchev–Trinajstić information content (AvgIpc) is 2.81. The maximum atomic E-state index is 12.2. The molecule has 0 aromatic carbocycles. The van der Waals surface area contributed by atoms with E-state index in [1.165, 1.54) is 6.07 Å². The molecular weight excluding hydrogens is 312 g/mol. The number of hydrogen-bond acceptors (Lipinski definition) is 5. The highest BCUT2D eigenvalue weighted by molar-refractivity contribution is 7.91. The molecule has 1 rings (SSSR count). The molecule has 0 saturated carbocycles. The van der Waals surface area contributed by atoms with Crippen LogP contribution in [0.15, 0.2) is 10.3 Å². The number of carbonyl (C=O) groups is 1. The van der Waals surface area contributed by atoms with E-state index in [4.69, 9.17) is 5.11 Å². The van der Waals surface area contributed by atoms with E-state index in [0.717, 1.165) is 24.4 Å². The molecule has 0 radical (unpaired) electrons. The first-order chi connectivity index (χ1) is 9.72. The maximum absolute atomic E-state index is 12.2. The van der Waals surface area contributed by atoms with Gasteiger partial charge in [0, 0.05) is 12.6 Å². The Bertz CT molecular complexity index is 591. The fourth-order valence-corrected chi connectivity index (χ4v) is 4.62. The van der Waals surface area contributed by atoms with Gasteiger partial charge in [-0.15, -0.1) is 11.3 Å². The summed E-state index contributed by atoms with van der Waals surface area (Å²) in [7, 11) is -3.66. The highest BCUT2D eigenvalue weighted by Crippen LogP contribution is 2.25. The van der Waals surface area contributed by atoms with Crippen molar-refractivity contribution in [1.82, 2.24) is 9.62 Å². The van der Waals surface area contributed by atoms with Gasteiger partial charge in [0.2, 0.25) is 10.0 Å². The molecule has 1 heterocycles. The Hall–Kier alpha value is -0.960. The fourth-order valence-electron chi connectivity index (χ4n) is 2.08. The third-order valence-electron chi connectivity index (χ3n) is 3.36. The second-order valence-corrected chi connectivity index (χ2v) is 7.85. The molecule has 0 saturated heterocycles. The minimum atomic E-state index is -3.66. The minimum Gasteiger partial charge on any atom is -0.477 e. The van der Waals surface area contributed by atoms with Crippen molar-refractivity contribution in [2.24, 2.45) is 0 Å². The fraction of sp³-hybridized carbons (Fsp3) is 0.615. The minimum absolute atomic E-state index is 0.0455. The number of rotatable bonds is 8. The van der Waals surface area contributed by atoms with Crippen molar-refractivity contribution in [2.45, 2.75) is 37.9 Å². The summed E-state index contributed by atoms with van der Waals surface area (Å²) in [6, 6.07) is 1.48. The van der Waals surface area contributed by atoms with Crippen molar-refractivity contribution >= 4 is 27.3 Å². The topological polar surface area (TPSA) is 86.7 Å². The number of sulfonamides is 1. The van der Waals surface area contributed by atoms with E-state index in [2.05, 4.69) is 9.62 Å². The van der Waals surface area contributed by atoms with Gasteiger partial charge in [0.05, 0.1) is 0 Å². The lowest BCUT2D eigenvalue weighted by Gasteiger charge is -2.26. The van der Waals surface area contributed by atoms with Crippen molar-refractivity contribution in [2.75, 3.05) is 19.6 Å². The Morgan fingerprint density at radius 2 is 2.00 bits per heavy atom. The predicted octanol–water partition coefficient (Wildman–Crippen LogP) is 1.76. The molecule has 8 heteroatoms. The molecular formula is C13H22N2O4S2. The van der Waals surface area contributed by atoms with Crippen molar-refractivity contribution < 1.29 is 18.3 Å². The van der Waals surface area contributed by atoms with Crippen molar-refractivity contribution in [1.29, 1.82) is 0 Å². The van der Waals surface area contributed by atoms with E-state index in [-0.39, 0.29) is 15.1 Å². The van der Waals surface area contributed by atoms with Crippen LogP contribution in [0.4, 0.5) is 0 Å². The van der Waals surface area contributed by atoms with Gasteiger partial charge in [-0.2, -0.15) is 0 Å². The van der Waals surface area contributed by atoms with Crippen LogP contribution in [-0.2, 0) is 10.0 Å². The summed E-state index contributed by atoms with van der Waals surface area (Å²) in [5.41, 5.74) is 0.463. The van der Waals surface area contributed by atoms with Gasteiger partial charge in [-0.1, -0.05) is 13.8 Å². The van der Waals surface area contributed by atoms with Crippen LogP contribution >= 0.6 is 11.3 Å². The molecule has 0 aliphatic rings. The molecule has 1 unspecified atom stereocenters. The van der Waals surface area contributed by atoms with Gasteiger partial charge in [-0.05, 0) is 38.6 Å². The Kier molecular flexibility index (Phi) is 6.33. The van der Waals surface area contributed by atoms with E-state index in [0.29, 0.717) is 12.1 Å². The van der Waals surface area contributed by atoms with Crippen LogP contribution in [0.25, 0.3) is 0 Å². The lowest BCUT2D eigenvalue weighted by atomic mass is 10.3. The summed E-state index contributed by atoms with van der Waals surface area (Å²) in [6.45, 7) is 9.59. The van der Waals surface area contributed by atoms with Crippen LogP contribution in [0.5, 0.6) is 0 Å². The normalized spacial score (nSPS) is 13.6. The lowest BCUT2D eigenvalue weighted by Crippen LogP contribution is -2.41. The SMILES string of the molecule is CCN(CC)C(C)CNS(=O)(=O)c1cc(C)c(C(=O)O)s1. The number of hydrogen-bond donors (Lipinski definition) is 2. The van der Waals surface area contributed by atoms with Crippen LogP contribution < -0.4 is 4.72 Å². The van der Waals surface area contributed by atoms with Gasteiger partial charge >= 0.3 is 5.97 Å². The number of carboxylic acid groups (broad SMARTS) is 1. The van der Waals surface area contributed by atoms with E-state index in [9.17, 15) is 13.2 Å². The molecule has 1 atom stereocenters. The van der Waals surface area contributed by atoms with Crippen LogP contribution in [0.2, 0.25) is 0 Å². The molecule has 0 aliphatic heterocycles. The molecule has 0 spiro atoms. The van der Waals surface area contributed by atoms with E-state index in [1.54, 1.807) is 6.92 Å². The number of likely N-dealkylation sites (N-methyl/N-ethyl adjacent to an activating group) is 1. The lowest BCUT2D eigenvalue weighted by molar-refractivity contribution is 0.0701. The molecule has 1 aromatic rings. The molecule has 2 N–H and O–H groups in total. The molecule has 1 aromatic heterocycles.